The Hall–Kier alpha value is -1.15. The first kappa shape index (κ1) is 14.3. The molecule has 0 spiro atoms. The Bertz CT molecular complexity index is 521. The number of rotatable bonds is 5. The highest BCUT2D eigenvalue weighted by molar-refractivity contribution is 7.89. The summed E-state index contributed by atoms with van der Waals surface area (Å²) in [6.07, 6.45) is 0.540. The SMILES string of the molecule is COc1ccc(S(=O)(=O)NCC2(O)CCNC2)cc1. The normalized spacial score (nSPS) is 23.5. The lowest BCUT2D eigenvalue weighted by Crippen LogP contribution is -2.44. The number of ether oxygens (including phenoxy) is 1. The molecule has 0 bridgehead atoms. The van der Waals surface area contributed by atoms with Crippen molar-refractivity contribution in [2.45, 2.75) is 16.9 Å². The number of hydrogen-bond donors (Lipinski definition) is 3. The fourth-order valence-electron chi connectivity index (χ4n) is 1.95. The number of aliphatic hydroxyl groups is 1. The van der Waals surface area contributed by atoms with Crippen LogP contribution in [-0.2, 0) is 10.0 Å². The standard InChI is InChI=1S/C12H18N2O4S/c1-18-10-2-4-11(5-3-10)19(16,17)14-9-12(15)6-7-13-8-12/h2-5,13-15H,6-9H2,1H3. The van der Waals surface area contributed by atoms with Crippen LogP contribution in [0.5, 0.6) is 5.75 Å². The van der Waals surface area contributed by atoms with E-state index in [1.165, 1.54) is 19.2 Å². The zero-order chi connectivity index (χ0) is 13.9. The van der Waals surface area contributed by atoms with Gasteiger partial charge in [0.15, 0.2) is 0 Å². The summed E-state index contributed by atoms with van der Waals surface area (Å²) in [5.41, 5.74) is -1.00. The molecule has 1 heterocycles. The molecule has 19 heavy (non-hydrogen) atoms. The number of sulfonamides is 1. The van der Waals surface area contributed by atoms with Crippen molar-refractivity contribution in [2.24, 2.45) is 0 Å². The second-order valence-corrected chi connectivity index (χ2v) is 6.42. The van der Waals surface area contributed by atoms with Crippen LogP contribution in [0.2, 0.25) is 0 Å². The van der Waals surface area contributed by atoms with Gasteiger partial charge in [-0.25, -0.2) is 13.1 Å². The molecule has 0 saturated carbocycles. The molecule has 0 aromatic heterocycles. The van der Waals surface area contributed by atoms with Crippen molar-refractivity contribution in [1.29, 1.82) is 0 Å². The number of hydrogen-bond acceptors (Lipinski definition) is 5. The van der Waals surface area contributed by atoms with E-state index in [4.69, 9.17) is 4.74 Å². The highest BCUT2D eigenvalue weighted by Crippen LogP contribution is 2.17. The smallest absolute Gasteiger partial charge is 0.240 e. The van der Waals surface area contributed by atoms with Crippen LogP contribution < -0.4 is 14.8 Å². The van der Waals surface area contributed by atoms with E-state index in [0.29, 0.717) is 25.3 Å². The molecule has 1 unspecified atom stereocenters. The average Bonchev–Trinajstić information content (AvgIpc) is 2.84. The van der Waals surface area contributed by atoms with Crippen LogP contribution in [0.4, 0.5) is 0 Å². The minimum Gasteiger partial charge on any atom is -0.497 e. The molecule has 0 amide bonds. The lowest BCUT2D eigenvalue weighted by atomic mass is 10.1. The van der Waals surface area contributed by atoms with E-state index in [9.17, 15) is 13.5 Å². The Morgan fingerprint density at radius 3 is 2.63 bits per heavy atom. The van der Waals surface area contributed by atoms with E-state index in [2.05, 4.69) is 10.0 Å². The van der Waals surface area contributed by atoms with Crippen LogP contribution in [0.3, 0.4) is 0 Å². The molecule has 0 aliphatic carbocycles. The van der Waals surface area contributed by atoms with Crippen molar-refractivity contribution in [2.75, 3.05) is 26.7 Å². The molecule has 7 heteroatoms. The molecular formula is C12H18N2O4S. The predicted molar refractivity (Wildman–Crippen MR) is 70.6 cm³/mol. The second kappa shape index (κ2) is 5.46. The molecule has 6 nitrogen and oxygen atoms in total. The van der Waals surface area contributed by atoms with Crippen LogP contribution in [0, 0.1) is 0 Å². The first-order chi connectivity index (χ1) is 8.95. The van der Waals surface area contributed by atoms with Gasteiger partial charge in [-0.3, -0.25) is 0 Å². The lowest BCUT2D eigenvalue weighted by Gasteiger charge is -2.21. The predicted octanol–water partition coefficient (Wildman–Crippen LogP) is -0.302. The highest BCUT2D eigenvalue weighted by atomic mass is 32.2. The van der Waals surface area contributed by atoms with Gasteiger partial charge in [-0.1, -0.05) is 0 Å². The molecule has 1 aliphatic heterocycles. The number of nitrogens with one attached hydrogen (secondary N) is 2. The molecule has 3 N–H and O–H groups in total. The maximum atomic E-state index is 12.0. The quantitative estimate of drug-likeness (QED) is 0.691. The van der Waals surface area contributed by atoms with Crippen molar-refractivity contribution in [3.63, 3.8) is 0 Å². The Morgan fingerprint density at radius 2 is 2.11 bits per heavy atom. The van der Waals surface area contributed by atoms with E-state index in [0.717, 1.165) is 0 Å². The minimum atomic E-state index is -3.60. The third kappa shape index (κ3) is 3.44. The fraction of sp³-hybridized carbons (Fsp3) is 0.500. The van der Waals surface area contributed by atoms with E-state index in [1.54, 1.807) is 12.1 Å². The van der Waals surface area contributed by atoms with Gasteiger partial charge >= 0.3 is 0 Å². The summed E-state index contributed by atoms with van der Waals surface area (Å²) < 4.78 is 31.5. The summed E-state index contributed by atoms with van der Waals surface area (Å²) in [4.78, 5) is 0.155. The van der Waals surface area contributed by atoms with E-state index >= 15 is 0 Å². The van der Waals surface area contributed by atoms with E-state index in [-0.39, 0.29) is 11.4 Å². The number of β-amino-alcohol motifs (C(OH)–C–C–N with tert-alkyl or cyclic N) is 1. The van der Waals surface area contributed by atoms with Gasteiger partial charge in [-0.05, 0) is 37.2 Å². The lowest BCUT2D eigenvalue weighted by molar-refractivity contribution is 0.0667. The Labute approximate surface area is 112 Å². The van der Waals surface area contributed by atoms with Gasteiger partial charge in [0, 0.05) is 13.1 Å². The van der Waals surface area contributed by atoms with E-state index in [1.807, 2.05) is 0 Å². The highest BCUT2D eigenvalue weighted by Gasteiger charge is 2.32. The van der Waals surface area contributed by atoms with Gasteiger partial charge in [0.25, 0.3) is 0 Å². The molecule has 1 atom stereocenters. The van der Waals surface area contributed by atoms with Gasteiger partial charge in [0.2, 0.25) is 10.0 Å². The summed E-state index contributed by atoms with van der Waals surface area (Å²) in [6.45, 7) is 1.10. The first-order valence-electron chi connectivity index (χ1n) is 6.02. The molecular weight excluding hydrogens is 268 g/mol. The Kier molecular flexibility index (Phi) is 4.10. The average molecular weight is 286 g/mol. The zero-order valence-corrected chi connectivity index (χ0v) is 11.5. The monoisotopic (exact) mass is 286 g/mol. The van der Waals surface area contributed by atoms with Crippen molar-refractivity contribution in [1.82, 2.24) is 10.0 Å². The molecule has 1 saturated heterocycles. The molecule has 1 fully saturated rings. The second-order valence-electron chi connectivity index (χ2n) is 4.65. The third-order valence-corrected chi connectivity index (χ3v) is 4.60. The summed E-state index contributed by atoms with van der Waals surface area (Å²) in [6, 6.07) is 6.11. The summed E-state index contributed by atoms with van der Waals surface area (Å²) in [7, 11) is -2.09. The molecule has 2 rings (SSSR count). The van der Waals surface area contributed by atoms with Crippen molar-refractivity contribution in [3.8, 4) is 5.75 Å². The Morgan fingerprint density at radius 1 is 1.42 bits per heavy atom. The van der Waals surface area contributed by atoms with Crippen LogP contribution >= 0.6 is 0 Å². The van der Waals surface area contributed by atoms with Gasteiger partial charge in [0.1, 0.15) is 5.75 Å². The van der Waals surface area contributed by atoms with Gasteiger partial charge in [0.05, 0.1) is 17.6 Å². The molecule has 106 valence electrons. The van der Waals surface area contributed by atoms with Crippen LogP contribution in [-0.4, -0.2) is 45.9 Å². The molecule has 1 aromatic carbocycles. The summed E-state index contributed by atoms with van der Waals surface area (Å²) >= 11 is 0. The third-order valence-electron chi connectivity index (χ3n) is 3.18. The van der Waals surface area contributed by atoms with Gasteiger partial charge in [-0.15, -0.1) is 0 Å². The van der Waals surface area contributed by atoms with E-state index < -0.39 is 15.6 Å². The molecule has 1 aromatic rings. The van der Waals surface area contributed by atoms with Crippen LogP contribution in [0.15, 0.2) is 29.2 Å². The van der Waals surface area contributed by atoms with Crippen molar-refractivity contribution < 1.29 is 18.3 Å². The molecule has 1 aliphatic rings. The van der Waals surface area contributed by atoms with Gasteiger partial charge < -0.3 is 15.2 Å². The maximum Gasteiger partial charge on any atom is 0.240 e. The first-order valence-corrected chi connectivity index (χ1v) is 7.50. The maximum absolute atomic E-state index is 12.0. The zero-order valence-electron chi connectivity index (χ0n) is 10.7. The van der Waals surface area contributed by atoms with Crippen molar-refractivity contribution in [3.05, 3.63) is 24.3 Å². The summed E-state index contributed by atoms with van der Waals surface area (Å²) in [5.74, 6) is 0.595. The van der Waals surface area contributed by atoms with Crippen molar-refractivity contribution >= 4 is 10.0 Å². The van der Waals surface area contributed by atoms with Crippen LogP contribution in [0.1, 0.15) is 6.42 Å². The fourth-order valence-corrected chi connectivity index (χ4v) is 3.07. The largest absolute Gasteiger partial charge is 0.497 e. The Balaban J connectivity index is 2.05. The molecule has 0 radical (unpaired) electrons. The van der Waals surface area contributed by atoms with Crippen LogP contribution in [0.25, 0.3) is 0 Å². The van der Waals surface area contributed by atoms with Gasteiger partial charge in [-0.2, -0.15) is 0 Å². The minimum absolute atomic E-state index is 0.00830. The summed E-state index contributed by atoms with van der Waals surface area (Å²) in [5, 5.41) is 13.1. The number of benzene rings is 1. The topological polar surface area (TPSA) is 87.7 Å². The number of methoxy groups -OCH3 is 1.